The van der Waals surface area contributed by atoms with E-state index in [1.165, 1.54) is 62.8 Å². The van der Waals surface area contributed by atoms with Gasteiger partial charge in [-0.25, -0.2) is 30.8 Å². The molecule has 0 unspecified atom stereocenters. The number of hydrogen-bond acceptors (Lipinski definition) is 5. The molecule has 1 N–H and O–H groups in total. The second-order valence-corrected chi connectivity index (χ2v) is 9.11. The first-order chi connectivity index (χ1) is 16.5. The molecule has 0 amide bonds. The van der Waals surface area contributed by atoms with Crippen molar-refractivity contribution in [1.82, 2.24) is 4.31 Å². The minimum absolute atomic E-state index is 0.364. The Morgan fingerprint density at radius 1 is 0.771 bits per heavy atom. The molecule has 7 nitrogen and oxygen atoms in total. The average molecular weight is 513 g/mol. The SMILES string of the molecule is COc1ccc(CN(Cc2ccc(OC)cc2)S(=O)(=O)c2c(F)c(F)c(F)c(F)c2C(=O)O)cc1. The highest BCUT2D eigenvalue weighted by molar-refractivity contribution is 7.89. The molecule has 0 radical (unpaired) electrons. The smallest absolute Gasteiger partial charge is 0.340 e. The van der Waals surface area contributed by atoms with E-state index in [0.717, 1.165) is 0 Å². The van der Waals surface area contributed by atoms with E-state index in [4.69, 9.17) is 9.47 Å². The van der Waals surface area contributed by atoms with Crippen LogP contribution in [0.4, 0.5) is 17.6 Å². The Hall–Kier alpha value is -3.64. The monoisotopic (exact) mass is 513 g/mol. The first-order valence-corrected chi connectivity index (χ1v) is 11.3. The number of methoxy groups -OCH3 is 2. The zero-order chi connectivity index (χ0) is 25.9. The number of hydrogen-bond donors (Lipinski definition) is 1. The fourth-order valence-corrected chi connectivity index (χ4v) is 4.92. The van der Waals surface area contributed by atoms with Crippen molar-refractivity contribution in [3.8, 4) is 11.5 Å². The molecule has 0 spiro atoms. The molecule has 0 saturated heterocycles. The fraction of sp³-hybridized carbons (Fsp3) is 0.174. The number of carbonyl (C=O) groups is 1. The van der Waals surface area contributed by atoms with Crippen molar-refractivity contribution in [2.45, 2.75) is 18.0 Å². The van der Waals surface area contributed by atoms with Gasteiger partial charge >= 0.3 is 5.97 Å². The van der Waals surface area contributed by atoms with Gasteiger partial charge < -0.3 is 14.6 Å². The second-order valence-electron chi connectivity index (χ2n) is 7.23. The third-order valence-electron chi connectivity index (χ3n) is 5.07. The summed E-state index contributed by atoms with van der Waals surface area (Å²) in [6, 6.07) is 12.1. The molecule has 3 aromatic carbocycles. The fourth-order valence-electron chi connectivity index (χ4n) is 3.27. The Morgan fingerprint density at radius 2 is 1.17 bits per heavy atom. The number of rotatable bonds is 9. The van der Waals surface area contributed by atoms with Gasteiger partial charge in [0.2, 0.25) is 10.0 Å². The van der Waals surface area contributed by atoms with E-state index in [9.17, 15) is 35.9 Å². The molecule has 0 heterocycles. The van der Waals surface area contributed by atoms with Gasteiger partial charge in [-0.1, -0.05) is 24.3 Å². The molecule has 0 aromatic heterocycles. The third kappa shape index (κ3) is 5.23. The largest absolute Gasteiger partial charge is 0.497 e. The van der Waals surface area contributed by atoms with Crippen molar-refractivity contribution in [2.24, 2.45) is 0 Å². The van der Waals surface area contributed by atoms with E-state index in [0.29, 0.717) is 26.9 Å². The van der Waals surface area contributed by atoms with Gasteiger partial charge in [-0.3, -0.25) is 0 Å². The van der Waals surface area contributed by atoms with Crippen molar-refractivity contribution in [2.75, 3.05) is 14.2 Å². The summed E-state index contributed by atoms with van der Waals surface area (Å²) in [5.74, 6) is -10.9. The Labute approximate surface area is 198 Å². The summed E-state index contributed by atoms with van der Waals surface area (Å²) in [5, 5.41) is 9.32. The number of nitrogens with zero attached hydrogens (tertiary/aromatic N) is 1. The number of benzene rings is 3. The zero-order valence-corrected chi connectivity index (χ0v) is 19.2. The molecular formula is C23H19F4NO6S. The lowest BCUT2D eigenvalue weighted by atomic mass is 10.2. The van der Waals surface area contributed by atoms with Gasteiger partial charge in [0.1, 0.15) is 22.0 Å². The quantitative estimate of drug-likeness (QED) is 0.260. The highest BCUT2D eigenvalue weighted by Crippen LogP contribution is 2.32. The van der Waals surface area contributed by atoms with E-state index in [2.05, 4.69) is 0 Å². The van der Waals surface area contributed by atoms with Crippen LogP contribution in [0.3, 0.4) is 0 Å². The minimum atomic E-state index is -5.23. The Bertz CT molecular complexity index is 1300. The van der Waals surface area contributed by atoms with Gasteiger partial charge in [-0.15, -0.1) is 0 Å². The maximum atomic E-state index is 14.7. The number of halogens is 4. The zero-order valence-electron chi connectivity index (χ0n) is 18.4. The van der Waals surface area contributed by atoms with Crippen LogP contribution >= 0.6 is 0 Å². The van der Waals surface area contributed by atoms with Gasteiger partial charge in [-0.2, -0.15) is 4.31 Å². The summed E-state index contributed by atoms with van der Waals surface area (Å²) in [7, 11) is -2.39. The van der Waals surface area contributed by atoms with E-state index < -0.39 is 62.8 Å². The van der Waals surface area contributed by atoms with Gasteiger partial charge in [0, 0.05) is 13.1 Å². The molecule has 0 aliphatic carbocycles. The molecule has 3 rings (SSSR count). The Kier molecular flexibility index (Phi) is 7.66. The number of aromatic carboxylic acids is 1. The van der Waals surface area contributed by atoms with Crippen molar-refractivity contribution in [3.63, 3.8) is 0 Å². The molecular weight excluding hydrogens is 494 g/mol. The van der Waals surface area contributed by atoms with Crippen molar-refractivity contribution < 1.29 is 45.4 Å². The number of sulfonamides is 1. The number of carboxylic acid groups (broad SMARTS) is 1. The minimum Gasteiger partial charge on any atom is -0.497 e. The van der Waals surface area contributed by atoms with E-state index in [1.807, 2.05) is 0 Å². The van der Waals surface area contributed by atoms with Crippen LogP contribution in [-0.4, -0.2) is 38.0 Å². The molecule has 186 valence electrons. The lowest BCUT2D eigenvalue weighted by Crippen LogP contribution is -2.33. The normalized spacial score (nSPS) is 11.5. The average Bonchev–Trinajstić information content (AvgIpc) is 2.84. The summed E-state index contributed by atoms with van der Waals surface area (Å²) in [6.45, 7) is -0.894. The molecule has 12 heteroatoms. The highest BCUT2D eigenvalue weighted by atomic mass is 32.2. The molecule has 0 atom stereocenters. The summed E-state index contributed by atoms with van der Waals surface area (Å²) < 4.78 is 94.4. The third-order valence-corrected chi connectivity index (χ3v) is 6.91. The molecule has 0 aliphatic rings. The number of ether oxygens (including phenoxy) is 2. The second kappa shape index (κ2) is 10.3. The Balaban J connectivity index is 2.18. The summed E-state index contributed by atoms with van der Waals surface area (Å²) in [6.07, 6.45) is 0. The van der Waals surface area contributed by atoms with Crippen LogP contribution in [0.25, 0.3) is 0 Å². The molecule has 3 aromatic rings. The maximum absolute atomic E-state index is 14.7. The topological polar surface area (TPSA) is 93.1 Å². The van der Waals surface area contributed by atoms with Crippen LogP contribution in [0.5, 0.6) is 11.5 Å². The van der Waals surface area contributed by atoms with E-state index >= 15 is 0 Å². The summed E-state index contributed by atoms with van der Waals surface area (Å²) >= 11 is 0. The van der Waals surface area contributed by atoms with Gasteiger partial charge in [0.15, 0.2) is 23.3 Å². The van der Waals surface area contributed by atoms with Crippen LogP contribution in [0, 0.1) is 23.3 Å². The van der Waals surface area contributed by atoms with Crippen LogP contribution in [0.1, 0.15) is 21.5 Å². The van der Waals surface area contributed by atoms with Crippen molar-refractivity contribution >= 4 is 16.0 Å². The molecule has 0 aliphatic heterocycles. The number of carboxylic acids is 1. The van der Waals surface area contributed by atoms with Crippen LogP contribution in [-0.2, 0) is 23.1 Å². The van der Waals surface area contributed by atoms with Gasteiger partial charge in [-0.05, 0) is 35.4 Å². The molecule has 0 fully saturated rings. The van der Waals surface area contributed by atoms with Crippen LogP contribution < -0.4 is 9.47 Å². The Morgan fingerprint density at radius 3 is 1.54 bits per heavy atom. The van der Waals surface area contributed by atoms with Crippen LogP contribution in [0.15, 0.2) is 53.4 Å². The van der Waals surface area contributed by atoms with E-state index in [1.54, 1.807) is 0 Å². The predicted octanol–water partition coefficient (Wildman–Crippen LogP) is 4.35. The molecule has 0 bridgehead atoms. The van der Waals surface area contributed by atoms with Crippen molar-refractivity contribution in [3.05, 3.63) is 88.5 Å². The lowest BCUT2D eigenvalue weighted by molar-refractivity contribution is 0.0683. The van der Waals surface area contributed by atoms with E-state index in [-0.39, 0.29) is 0 Å². The van der Waals surface area contributed by atoms with Gasteiger partial charge in [0.25, 0.3) is 0 Å². The first kappa shape index (κ1) is 26.0. The van der Waals surface area contributed by atoms with Crippen LogP contribution in [0.2, 0.25) is 0 Å². The first-order valence-electron chi connectivity index (χ1n) is 9.86. The summed E-state index contributed by atoms with van der Waals surface area (Å²) in [5.41, 5.74) is -1.11. The van der Waals surface area contributed by atoms with Gasteiger partial charge in [0.05, 0.1) is 14.2 Å². The lowest BCUT2D eigenvalue weighted by Gasteiger charge is -2.24. The molecule has 0 saturated carbocycles. The van der Waals surface area contributed by atoms with Crippen molar-refractivity contribution in [1.29, 1.82) is 0 Å². The summed E-state index contributed by atoms with van der Waals surface area (Å²) in [4.78, 5) is 9.76. The standard InChI is InChI=1S/C23H19F4NO6S/c1-33-15-7-3-13(4-8-15)11-28(12-14-5-9-16(34-2)10-6-14)35(31,32)22-17(23(29)30)18(24)19(25)20(26)21(22)27/h3-10H,11-12H2,1-2H3,(H,29,30). The maximum Gasteiger partial charge on any atom is 0.340 e. The predicted molar refractivity (Wildman–Crippen MR) is 116 cm³/mol. The molecule has 35 heavy (non-hydrogen) atoms. The highest BCUT2D eigenvalue weighted by Gasteiger charge is 2.39.